The lowest BCUT2D eigenvalue weighted by Gasteiger charge is -2.30. The molecule has 5 nitrogen and oxygen atoms in total. The van der Waals surface area contributed by atoms with Gasteiger partial charge in [-0.1, -0.05) is 30.3 Å². The van der Waals surface area contributed by atoms with Crippen molar-refractivity contribution in [3.8, 4) is 0 Å². The van der Waals surface area contributed by atoms with E-state index < -0.39 is 14.8 Å². The molecule has 0 bridgehead atoms. The van der Waals surface area contributed by atoms with Gasteiger partial charge in [0.1, 0.15) is 0 Å². The number of unbranched alkanes of at least 4 members (excludes halogenated alkanes) is 1. The molecule has 27 heavy (non-hydrogen) atoms. The van der Waals surface area contributed by atoms with E-state index in [0.29, 0.717) is 6.54 Å². The Morgan fingerprint density at radius 1 is 1.04 bits per heavy atom. The average Bonchev–Trinajstić information content (AvgIpc) is 2.61. The standard InChI is InChI=1S/C21H34N2O3S/c1-21(2,3)27(25,26)23-19-14-12-18(13-15-19)20(24)22-16-8-7-11-17-9-5-4-6-10-17/h4-6,9-10,18-19,23H,7-8,11-16H2,1-3H3,(H,22,24)/t18-,19-. The number of carbonyl (C=O) groups is 1. The van der Waals surface area contributed by atoms with Gasteiger partial charge < -0.3 is 5.32 Å². The van der Waals surface area contributed by atoms with E-state index in [1.54, 1.807) is 20.8 Å². The molecule has 1 aliphatic carbocycles. The number of carbonyl (C=O) groups excluding carboxylic acids is 1. The summed E-state index contributed by atoms with van der Waals surface area (Å²) in [5, 5.41) is 3.05. The van der Waals surface area contributed by atoms with E-state index in [2.05, 4.69) is 34.3 Å². The van der Waals surface area contributed by atoms with Gasteiger partial charge in [-0.25, -0.2) is 13.1 Å². The lowest BCUT2D eigenvalue weighted by atomic mass is 9.86. The van der Waals surface area contributed by atoms with Crippen molar-refractivity contribution in [3.05, 3.63) is 35.9 Å². The van der Waals surface area contributed by atoms with Crippen molar-refractivity contribution < 1.29 is 13.2 Å². The Hall–Kier alpha value is -1.40. The van der Waals surface area contributed by atoms with Crippen LogP contribution in [0, 0.1) is 5.92 Å². The highest BCUT2D eigenvalue weighted by Crippen LogP contribution is 2.26. The summed E-state index contributed by atoms with van der Waals surface area (Å²) in [7, 11) is -3.33. The van der Waals surface area contributed by atoms with Crippen LogP contribution >= 0.6 is 0 Å². The zero-order valence-corrected chi connectivity index (χ0v) is 17.6. The van der Waals surface area contributed by atoms with Crippen LogP contribution in [0.25, 0.3) is 0 Å². The summed E-state index contributed by atoms with van der Waals surface area (Å²) in [5.41, 5.74) is 1.33. The van der Waals surface area contributed by atoms with E-state index in [1.807, 2.05) is 6.07 Å². The summed E-state index contributed by atoms with van der Waals surface area (Å²) < 4.78 is 26.5. The Morgan fingerprint density at radius 3 is 2.26 bits per heavy atom. The first kappa shape index (κ1) is 21.9. The fourth-order valence-electron chi connectivity index (χ4n) is 3.32. The molecule has 1 amide bonds. The van der Waals surface area contributed by atoms with Gasteiger partial charge in [0.25, 0.3) is 0 Å². The largest absolute Gasteiger partial charge is 0.356 e. The molecule has 2 N–H and O–H groups in total. The second kappa shape index (κ2) is 9.69. The third kappa shape index (κ3) is 6.92. The smallest absolute Gasteiger partial charge is 0.223 e. The average molecular weight is 395 g/mol. The van der Waals surface area contributed by atoms with Crippen molar-refractivity contribution in [2.45, 2.75) is 76.5 Å². The van der Waals surface area contributed by atoms with Crippen molar-refractivity contribution in [3.63, 3.8) is 0 Å². The molecule has 2 rings (SSSR count). The molecule has 0 saturated heterocycles. The van der Waals surface area contributed by atoms with Crippen LogP contribution in [-0.2, 0) is 21.2 Å². The van der Waals surface area contributed by atoms with Gasteiger partial charge in [0.15, 0.2) is 0 Å². The van der Waals surface area contributed by atoms with Gasteiger partial charge in [-0.2, -0.15) is 0 Å². The highest BCUT2D eigenvalue weighted by molar-refractivity contribution is 7.90. The molecule has 0 heterocycles. The highest BCUT2D eigenvalue weighted by Gasteiger charge is 2.33. The molecule has 1 fully saturated rings. The minimum Gasteiger partial charge on any atom is -0.356 e. The van der Waals surface area contributed by atoms with Gasteiger partial charge in [0.05, 0.1) is 4.75 Å². The van der Waals surface area contributed by atoms with Crippen LogP contribution in [0.4, 0.5) is 0 Å². The third-order valence-corrected chi connectivity index (χ3v) is 7.52. The van der Waals surface area contributed by atoms with Crippen LogP contribution in [-0.4, -0.2) is 31.7 Å². The first-order valence-electron chi connectivity index (χ1n) is 10.0. The molecule has 1 aromatic rings. The lowest BCUT2D eigenvalue weighted by molar-refractivity contribution is -0.126. The molecule has 1 aliphatic rings. The van der Waals surface area contributed by atoms with Gasteiger partial charge in [0.2, 0.25) is 15.9 Å². The highest BCUT2D eigenvalue weighted by atomic mass is 32.2. The van der Waals surface area contributed by atoms with Gasteiger partial charge in [-0.3, -0.25) is 4.79 Å². The maximum Gasteiger partial charge on any atom is 0.223 e. The Bertz CT molecular complexity index is 688. The van der Waals surface area contributed by atoms with E-state index in [4.69, 9.17) is 0 Å². The molecule has 0 atom stereocenters. The number of hydrogen-bond acceptors (Lipinski definition) is 3. The molecular formula is C21H34N2O3S. The zero-order valence-electron chi connectivity index (χ0n) is 16.8. The van der Waals surface area contributed by atoms with Crippen molar-refractivity contribution in [2.24, 2.45) is 5.92 Å². The van der Waals surface area contributed by atoms with Gasteiger partial charge >= 0.3 is 0 Å². The number of rotatable bonds is 8. The molecule has 0 radical (unpaired) electrons. The van der Waals surface area contributed by atoms with E-state index in [9.17, 15) is 13.2 Å². The van der Waals surface area contributed by atoms with Crippen LogP contribution in [0.2, 0.25) is 0 Å². The van der Waals surface area contributed by atoms with Crippen molar-refractivity contribution in [1.82, 2.24) is 10.0 Å². The minimum atomic E-state index is -3.33. The normalized spacial score (nSPS) is 21.0. The Labute approximate surface area is 164 Å². The molecule has 1 aromatic carbocycles. The lowest BCUT2D eigenvalue weighted by Crippen LogP contribution is -2.46. The van der Waals surface area contributed by atoms with E-state index in [1.165, 1.54) is 5.56 Å². The molecule has 152 valence electrons. The fourth-order valence-corrected chi connectivity index (χ4v) is 4.35. The van der Waals surface area contributed by atoms with Crippen molar-refractivity contribution in [2.75, 3.05) is 6.54 Å². The topological polar surface area (TPSA) is 75.3 Å². The molecule has 0 aromatic heterocycles. The SMILES string of the molecule is CC(C)(C)S(=O)(=O)N[C@H]1CC[C@H](C(=O)NCCCCc2ccccc2)CC1. The fraction of sp³-hybridized carbons (Fsp3) is 0.667. The monoisotopic (exact) mass is 394 g/mol. The summed E-state index contributed by atoms with van der Waals surface area (Å²) in [5.74, 6) is 0.126. The zero-order chi connectivity index (χ0) is 19.9. The summed E-state index contributed by atoms with van der Waals surface area (Å²) in [6, 6.07) is 10.3. The minimum absolute atomic E-state index is 0.00881. The molecule has 0 spiro atoms. The van der Waals surface area contributed by atoms with E-state index in [-0.39, 0.29) is 17.9 Å². The predicted molar refractivity (Wildman–Crippen MR) is 110 cm³/mol. The van der Waals surface area contributed by atoms with Crippen molar-refractivity contribution >= 4 is 15.9 Å². The third-order valence-electron chi connectivity index (χ3n) is 5.26. The maximum absolute atomic E-state index is 12.3. The van der Waals surface area contributed by atoms with Crippen LogP contribution < -0.4 is 10.0 Å². The second-order valence-electron chi connectivity index (χ2n) is 8.52. The van der Waals surface area contributed by atoms with E-state index >= 15 is 0 Å². The Balaban J connectivity index is 1.63. The van der Waals surface area contributed by atoms with Crippen LogP contribution in [0.15, 0.2) is 30.3 Å². The number of benzene rings is 1. The maximum atomic E-state index is 12.3. The molecule has 0 unspecified atom stereocenters. The Kier molecular flexibility index (Phi) is 7.86. The first-order chi connectivity index (χ1) is 12.7. The summed E-state index contributed by atoms with van der Waals surface area (Å²) >= 11 is 0. The molecule has 6 heteroatoms. The second-order valence-corrected chi connectivity index (χ2v) is 11.0. The van der Waals surface area contributed by atoms with Gasteiger partial charge in [-0.05, 0) is 71.3 Å². The van der Waals surface area contributed by atoms with Gasteiger partial charge in [-0.15, -0.1) is 0 Å². The molecule has 0 aliphatic heterocycles. The van der Waals surface area contributed by atoms with E-state index in [0.717, 1.165) is 44.9 Å². The molecule has 1 saturated carbocycles. The van der Waals surface area contributed by atoms with Gasteiger partial charge in [0, 0.05) is 18.5 Å². The van der Waals surface area contributed by atoms with Crippen LogP contribution in [0.3, 0.4) is 0 Å². The number of nitrogens with one attached hydrogen (secondary N) is 2. The van der Waals surface area contributed by atoms with Crippen molar-refractivity contribution in [1.29, 1.82) is 0 Å². The Morgan fingerprint density at radius 2 is 1.67 bits per heavy atom. The quantitative estimate of drug-likeness (QED) is 0.664. The first-order valence-corrected chi connectivity index (χ1v) is 11.5. The summed E-state index contributed by atoms with van der Waals surface area (Å²) in [4.78, 5) is 12.3. The predicted octanol–water partition coefficient (Wildman–Crippen LogP) is 3.40. The summed E-state index contributed by atoms with van der Waals surface area (Å²) in [6.07, 6.45) is 6.01. The number of amides is 1. The number of hydrogen-bond donors (Lipinski definition) is 2. The molecular weight excluding hydrogens is 360 g/mol. The number of aryl methyl sites for hydroxylation is 1. The number of sulfonamides is 1. The van der Waals surface area contributed by atoms with Crippen LogP contribution in [0.1, 0.15) is 64.9 Å². The van der Waals surface area contributed by atoms with Crippen LogP contribution in [0.5, 0.6) is 0 Å². The summed E-state index contributed by atoms with van der Waals surface area (Å²) in [6.45, 7) is 5.81.